The van der Waals surface area contributed by atoms with E-state index in [0.29, 0.717) is 25.2 Å². The SMILES string of the molecule is CC(=N)NCC#CCCC(N)C(=O)O. The molecule has 0 aromatic heterocycles. The molecule has 0 heterocycles. The molecule has 5 N–H and O–H groups in total. The second-order valence-electron chi connectivity index (χ2n) is 2.82. The molecule has 5 nitrogen and oxygen atoms in total. The van der Waals surface area contributed by atoms with E-state index in [1.807, 2.05) is 0 Å². The van der Waals surface area contributed by atoms with Crippen LogP contribution in [0.15, 0.2) is 0 Å². The quantitative estimate of drug-likeness (QED) is 0.284. The molecule has 0 aliphatic heterocycles. The zero-order valence-electron chi connectivity index (χ0n) is 8.13. The van der Waals surface area contributed by atoms with Crippen molar-refractivity contribution >= 4 is 11.8 Å². The molecule has 0 aliphatic rings. The molecule has 0 saturated heterocycles. The van der Waals surface area contributed by atoms with Gasteiger partial charge in [-0.1, -0.05) is 5.92 Å². The van der Waals surface area contributed by atoms with E-state index in [9.17, 15) is 4.79 Å². The van der Waals surface area contributed by atoms with Crippen LogP contribution in [0.25, 0.3) is 0 Å². The molecule has 0 amide bonds. The summed E-state index contributed by atoms with van der Waals surface area (Å²) in [6.45, 7) is 2.04. The number of carboxylic acids is 1. The van der Waals surface area contributed by atoms with Gasteiger partial charge in [-0.2, -0.15) is 0 Å². The van der Waals surface area contributed by atoms with Gasteiger partial charge < -0.3 is 16.2 Å². The van der Waals surface area contributed by atoms with Gasteiger partial charge in [-0.05, 0) is 13.3 Å². The van der Waals surface area contributed by atoms with E-state index < -0.39 is 12.0 Å². The van der Waals surface area contributed by atoms with E-state index in [-0.39, 0.29) is 0 Å². The van der Waals surface area contributed by atoms with Crippen LogP contribution >= 0.6 is 0 Å². The van der Waals surface area contributed by atoms with E-state index in [2.05, 4.69) is 17.2 Å². The minimum absolute atomic E-state index is 0.353. The van der Waals surface area contributed by atoms with Crippen LogP contribution in [0.2, 0.25) is 0 Å². The molecule has 0 rings (SSSR count). The molecule has 0 bridgehead atoms. The summed E-state index contributed by atoms with van der Waals surface area (Å²) in [6, 6.07) is -0.832. The Bertz CT molecular complexity index is 265. The molecule has 5 heteroatoms. The summed E-state index contributed by atoms with van der Waals surface area (Å²) in [5.74, 6) is 4.90. The standard InChI is InChI=1S/C9H15N3O2/c1-7(10)12-6-4-2-3-5-8(11)9(13)14/h8H,3,5-6,11H2,1H3,(H2,10,12)(H,13,14). The number of carbonyl (C=O) groups is 1. The van der Waals surface area contributed by atoms with Crippen molar-refractivity contribution in [2.45, 2.75) is 25.8 Å². The highest BCUT2D eigenvalue weighted by molar-refractivity contribution is 5.76. The third kappa shape index (κ3) is 7.13. The zero-order chi connectivity index (χ0) is 11.0. The Labute approximate surface area is 83.2 Å². The molecule has 0 aromatic rings. The van der Waals surface area contributed by atoms with E-state index >= 15 is 0 Å². The second-order valence-corrected chi connectivity index (χ2v) is 2.82. The van der Waals surface area contributed by atoms with Crippen LogP contribution in [-0.2, 0) is 4.79 Å². The first-order chi connectivity index (χ1) is 6.54. The number of hydrogen-bond donors (Lipinski definition) is 4. The molecule has 1 atom stereocenters. The third-order valence-electron chi connectivity index (χ3n) is 1.46. The van der Waals surface area contributed by atoms with Gasteiger partial charge in [0.2, 0.25) is 0 Å². The molecule has 0 saturated carbocycles. The van der Waals surface area contributed by atoms with Crippen molar-refractivity contribution in [2.75, 3.05) is 6.54 Å². The Hall–Kier alpha value is -1.54. The summed E-state index contributed by atoms with van der Waals surface area (Å²) in [7, 11) is 0. The first kappa shape index (κ1) is 12.5. The lowest BCUT2D eigenvalue weighted by Crippen LogP contribution is -2.29. The molecule has 1 unspecified atom stereocenters. The van der Waals surface area contributed by atoms with Gasteiger partial charge in [-0.25, -0.2) is 0 Å². The van der Waals surface area contributed by atoms with E-state index in [1.165, 1.54) is 0 Å². The molecular formula is C9H15N3O2. The summed E-state index contributed by atoms with van der Waals surface area (Å²) in [6.07, 6.45) is 0.818. The summed E-state index contributed by atoms with van der Waals surface area (Å²) < 4.78 is 0. The number of rotatable bonds is 4. The molecule has 0 radical (unpaired) electrons. The van der Waals surface area contributed by atoms with Gasteiger partial charge >= 0.3 is 5.97 Å². The van der Waals surface area contributed by atoms with E-state index in [0.717, 1.165) is 0 Å². The van der Waals surface area contributed by atoms with Crippen LogP contribution in [0.1, 0.15) is 19.8 Å². The molecule has 14 heavy (non-hydrogen) atoms. The van der Waals surface area contributed by atoms with Gasteiger partial charge in [0, 0.05) is 6.42 Å². The van der Waals surface area contributed by atoms with Gasteiger partial charge in [0.1, 0.15) is 6.04 Å². The van der Waals surface area contributed by atoms with Crippen molar-refractivity contribution in [3.05, 3.63) is 0 Å². The van der Waals surface area contributed by atoms with Crippen molar-refractivity contribution in [2.24, 2.45) is 5.73 Å². The van der Waals surface area contributed by atoms with E-state index in [1.54, 1.807) is 6.92 Å². The van der Waals surface area contributed by atoms with Crippen LogP contribution in [-0.4, -0.2) is 29.5 Å². The minimum Gasteiger partial charge on any atom is -0.480 e. The van der Waals surface area contributed by atoms with Crippen LogP contribution in [0.5, 0.6) is 0 Å². The zero-order valence-corrected chi connectivity index (χ0v) is 8.13. The highest BCUT2D eigenvalue weighted by atomic mass is 16.4. The van der Waals surface area contributed by atoms with Gasteiger partial charge in [0.05, 0.1) is 12.4 Å². The smallest absolute Gasteiger partial charge is 0.320 e. The summed E-state index contributed by atoms with van der Waals surface area (Å²) >= 11 is 0. The monoisotopic (exact) mass is 197 g/mol. The average molecular weight is 197 g/mol. The number of amidine groups is 1. The maximum absolute atomic E-state index is 10.3. The van der Waals surface area contributed by atoms with Crippen LogP contribution in [0.4, 0.5) is 0 Å². The van der Waals surface area contributed by atoms with Gasteiger partial charge in [0.25, 0.3) is 0 Å². The predicted molar refractivity (Wildman–Crippen MR) is 54.0 cm³/mol. The Morgan fingerprint density at radius 3 is 2.79 bits per heavy atom. The lowest BCUT2D eigenvalue weighted by Gasteiger charge is -2.01. The van der Waals surface area contributed by atoms with Crippen molar-refractivity contribution in [3.8, 4) is 11.8 Å². The number of nitrogens with two attached hydrogens (primary N) is 1. The summed E-state index contributed by atoms with van der Waals surface area (Å²) in [5.41, 5.74) is 5.26. The first-order valence-corrected chi connectivity index (χ1v) is 4.27. The van der Waals surface area contributed by atoms with Crippen molar-refractivity contribution in [3.63, 3.8) is 0 Å². The van der Waals surface area contributed by atoms with Gasteiger partial charge in [0.15, 0.2) is 0 Å². The van der Waals surface area contributed by atoms with E-state index in [4.69, 9.17) is 16.2 Å². The minimum atomic E-state index is -1.000. The Balaban J connectivity index is 3.52. The fourth-order valence-electron chi connectivity index (χ4n) is 0.679. The Morgan fingerprint density at radius 2 is 2.29 bits per heavy atom. The molecule has 0 aromatic carbocycles. The fraction of sp³-hybridized carbons (Fsp3) is 0.556. The Morgan fingerprint density at radius 1 is 1.64 bits per heavy atom. The van der Waals surface area contributed by atoms with Gasteiger partial charge in [-0.15, -0.1) is 5.92 Å². The largest absolute Gasteiger partial charge is 0.480 e. The summed E-state index contributed by atoms with van der Waals surface area (Å²) in [5, 5.41) is 18.2. The molecule has 78 valence electrons. The molecule has 0 fully saturated rings. The highest BCUT2D eigenvalue weighted by Crippen LogP contribution is 1.92. The number of nitrogens with one attached hydrogen (secondary N) is 2. The lowest BCUT2D eigenvalue weighted by molar-refractivity contribution is -0.138. The normalized spacial score (nSPS) is 11.0. The predicted octanol–water partition coefficient (Wildman–Crippen LogP) is -0.231. The number of hydrogen-bond acceptors (Lipinski definition) is 3. The van der Waals surface area contributed by atoms with Crippen LogP contribution in [0, 0.1) is 17.3 Å². The molecular weight excluding hydrogens is 182 g/mol. The Kier molecular flexibility index (Phi) is 6.16. The molecule has 0 spiro atoms. The lowest BCUT2D eigenvalue weighted by atomic mass is 10.2. The first-order valence-electron chi connectivity index (χ1n) is 4.27. The van der Waals surface area contributed by atoms with Gasteiger partial charge in [-0.3, -0.25) is 10.2 Å². The van der Waals surface area contributed by atoms with Crippen molar-refractivity contribution in [1.82, 2.24) is 5.32 Å². The van der Waals surface area contributed by atoms with Crippen LogP contribution in [0.3, 0.4) is 0 Å². The fourth-order valence-corrected chi connectivity index (χ4v) is 0.679. The highest BCUT2D eigenvalue weighted by Gasteiger charge is 2.08. The number of aliphatic carboxylic acids is 1. The molecule has 0 aliphatic carbocycles. The maximum atomic E-state index is 10.3. The second kappa shape index (κ2) is 6.92. The summed E-state index contributed by atoms with van der Waals surface area (Å²) in [4.78, 5) is 10.3. The topological polar surface area (TPSA) is 99.2 Å². The van der Waals surface area contributed by atoms with Crippen molar-refractivity contribution in [1.29, 1.82) is 5.41 Å². The van der Waals surface area contributed by atoms with Crippen molar-refractivity contribution < 1.29 is 9.90 Å². The number of carboxylic acid groups (broad SMARTS) is 1. The van der Waals surface area contributed by atoms with Crippen LogP contribution < -0.4 is 11.1 Å². The maximum Gasteiger partial charge on any atom is 0.320 e. The average Bonchev–Trinajstić information content (AvgIpc) is 2.09. The third-order valence-corrected chi connectivity index (χ3v) is 1.46.